The molecule has 0 saturated carbocycles. The van der Waals surface area contributed by atoms with Crippen LogP contribution >= 0.6 is 0 Å². The van der Waals surface area contributed by atoms with E-state index >= 15 is 0 Å². The number of aromatic nitrogens is 3. The molecule has 38 heavy (non-hydrogen) atoms. The molecule has 3 N–H and O–H groups in total. The van der Waals surface area contributed by atoms with E-state index in [9.17, 15) is 4.79 Å². The number of benzene rings is 1. The molecule has 0 aliphatic carbocycles. The van der Waals surface area contributed by atoms with Crippen molar-refractivity contribution in [3.8, 4) is 17.0 Å². The Morgan fingerprint density at radius 3 is 2.37 bits per heavy atom. The number of methoxy groups -OCH3 is 2. The van der Waals surface area contributed by atoms with E-state index in [4.69, 9.17) is 35.0 Å². The molecule has 4 rings (SSSR count). The molecule has 206 valence electrons. The zero-order valence-corrected chi connectivity index (χ0v) is 23.4. The Labute approximate surface area is 225 Å². The van der Waals surface area contributed by atoms with Crippen molar-refractivity contribution in [3.05, 3.63) is 54.0 Å². The Hall–Kier alpha value is -3.76. The third-order valence-corrected chi connectivity index (χ3v) is 5.55. The Kier molecular flexibility index (Phi) is 12.4. The topological polar surface area (TPSA) is 125 Å². The van der Waals surface area contributed by atoms with Crippen LogP contribution in [0.2, 0.25) is 0 Å². The number of nitrogens with one attached hydrogen (secondary N) is 1. The number of pyridine rings is 1. The van der Waals surface area contributed by atoms with E-state index in [0.29, 0.717) is 35.9 Å². The van der Waals surface area contributed by atoms with Crippen molar-refractivity contribution in [2.45, 2.75) is 40.5 Å². The summed E-state index contributed by atoms with van der Waals surface area (Å²) in [6, 6.07) is 9.26. The SMILES string of the molecule is CC.CC=CNN.COC(=O)c1cc(-c2ccc3c(N4CCOCC4)nc(C(C)C)nc3n2)ccc1OC. The number of rotatable bonds is 6. The summed E-state index contributed by atoms with van der Waals surface area (Å²) in [5.41, 5.74) is 4.81. The number of anilines is 1. The van der Waals surface area contributed by atoms with Crippen LogP contribution in [0.25, 0.3) is 22.3 Å². The predicted molar refractivity (Wildman–Crippen MR) is 151 cm³/mol. The molecule has 1 saturated heterocycles. The minimum absolute atomic E-state index is 0.168. The van der Waals surface area contributed by atoms with Gasteiger partial charge in [-0.2, -0.15) is 0 Å². The van der Waals surface area contributed by atoms with Gasteiger partial charge in [-0.05, 0) is 37.3 Å². The van der Waals surface area contributed by atoms with Crippen LogP contribution in [0.3, 0.4) is 0 Å². The third kappa shape index (κ3) is 7.62. The van der Waals surface area contributed by atoms with Gasteiger partial charge < -0.3 is 24.5 Å². The first-order valence-electron chi connectivity index (χ1n) is 12.8. The van der Waals surface area contributed by atoms with E-state index in [1.165, 1.54) is 14.2 Å². The first-order valence-corrected chi connectivity index (χ1v) is 12.8. The maximum atomic E-state index is 12.2. The number of nitrogens with two attached hydrogens (primary N) is 1. The first kappa shape index (κ1) is 30.5. The summed E-state index contributed by atoms with van der Waals surface area (Å²) in [6.07, 6.45) is 3.47. The van der Waals surface area contributed by atoms with Crippen molar-refractivity contribution in [1.82, 2.24) is 20.4 Å². The summed E-state index contributed by atoms with van der Waals surface area (Å²) >= 11 is 0. The lowest BCUT2D eigenvalue weighted by molar-refractivity contribution is 0.0597. The number of hydrazine groups is 1. The van der Waals surface area contributed by atoms with Crippen molar-refractivity contribution in [2.24, 2.45) is 5.84 Å². The van der Waals surface area contributed by atoms with Gasteiger partial charge >= 0.3 is 5.97 Å². The molecular weight excluding hydrogens is 484 g/mol. The van der Waals surface area contributed by atoms with Crippen LogP contribution in [0.1, 0.15) is 56.7 Å². The van der Waals surface area contributed by atoms with E-state index in [1.807, 2.05) is 45.0 Å². The summed E-state index contributed by atoms with van der Waals surface area (Å²) in [7, 11) is 2.87. The van der Waals surface area contributed by atoms with Gasteiger partial charge in [-0.15, -0.1) is 0 Å². The number of allylic oxidation sites excluding steroid dienone is 1. The van der Waals surface area contributed by atoms with Crippen molar-refractivity contribution in [2.75, 3.05) is 45.4 Å². The Morgan fingerprint density at radius 1 is 1.11 bits per heavy atom. The number of hydrogen-bond donors (Lipinski definition) is 2. The Bertz CT molecular complexity index is 1210. The highest BCUT2D eigenvalue weighted by atomic mass is 16.5. The maximum absolute atomic E-state index is 12.2. The molecular formula is C28H40N6O4. The predicted octanol–water partition coefficient (Wildman–Crippen LogP) is 4.46. The smallest absolute Gasteiger partial charge is 0.341 e. The van der Waals surface area contributed by atoms with E-state index in [-0.39, 0.29) is 5.92 Å². The number of carbonyl (C=O) groups excluding carboxylic acids is 1. The van der Waals surface area contributed by atoms with E-state index in [1.54, 1.807) is 18.3 Å². The lowest BCUT2D eigenvalue weighted by Crippen LogP contribution is -2.37. The minimum Gasteiger partial charge on any atom is -0.496 e. The first-order chi connectivity index (χ1) is 18.4. The fourth-order valence-corrected chi connectivity index (χ4v) is 3.68. The van der Waals surface area contributed by atoms with Gasteiger partial charge in [-0.3, -0.25) is 5.84 Å². The van der Waals surface area contributed by atoms with Crippen molar-refractivity contribution < 1.29 is 19.0 Å². The van der Waals surface area contributed by atoms with E-state index in [0.717, 1.165) is 35.7 Å². The van der Waals surface area contributed by atoms with Gasteiger partial charge in [0, 0.05) is 30.8 Å². The standard InChI is InChI=1S/C23H26N4O4.C3H8N2.C2H6/c1-14(2)20-25-21-16(22(26-20)27-9-11-31-12-10-27)6-7-18(24-21)15-5-8-19(29-3)17(13-15)23(28)30-4;1-2-3-5-4;1-2/h5-8,13-14H,9-12H2,1-4H3;2-3,5H,4H2,1H3;1-2H3. The van der Waals surface area contributed by atoms with Crippen LogP contribution in [0.5, 0.6) is 5.75 Å². The van der Waals surface area contributed by atoms with Gasteiger partial charge in [-0.1, -0.05) is 33.8 Å². The number of carbonyl (C=O) groups is 1. The highest BCUT2D eigenvalue weighted by molar-refractivity contribution is 5.94. The summed E-state index contributed by atoms with van der Waals surface area (Å²) < 4.78 is 15.7. The molecule has 0 radical (unpaired) electrons. The van der Waals surface area contributed by atoms with Crippen LogP contribution in [-0.4, -0.2) is 61.4 Å². The second-order valence-electron chi connectivity index (χ2n) is 8.30. The molecule has 10 nitrogen and oxygen atoms in total. The van der Waals surface area contributed by atoms with Gasteiger partial charge in [0.05, 0.1) is 38.5 Å². The molecule has 3 aromatic rings. The molecule has 0 amide bonds. The fraction of sp³-hybridized carbons (Fsp3) is 0.429. The minimum atomic E-state index is -0.460. The number of esters is 1. The molecule has 10 heteroatoms. The number of nitrogens with zero attached hydrogens (tertiary/aromatic N) is 4. The van der Waals surface area contributed by atoms with E-state index < -0.39 is 5.97 Å². The van der Waals surface area contributed by atoms with Crippen LogP contribution in [0.15, 0.2) is 42.6 Å². The third-order valence-electron chi connectivity index (χ3n) is 5.55. The summed E-state index contributed by atoms with van der Waals surface area (Å²) in [4.78, 5) is 28.8. The van der Waals surface area contributed by atoms with Crippen molar-refractivity contribution in [3.63, 3.8) is 0 Å². The molecule has 1 aliphatic rings. The second kappa shape index (κ2) is 15.5. The second-order valence-corrected chi connectivity index (χ2v) is 8.30. The number of fused-ring (bicyclic) bond motifs is 1. The molecule has 1 aromatic carbocycles. The largest absolute Gasteiger partial charge is 0.496 e. The molecule has 0 atom stereocenters. The van der Waals surface area contributed by atoms with Gasteiger partial charge in [0.25, 0.3) is 0 Å². The normalized spacial score (nSPS) is 12.9. The molecule has 2 aromatic heterocycles. The Morgan fingerprint density at radius 2 is 1.82 bits per heavy atom. The fourth-order valence-electron chi connectivity index (χ4n) is 3.68. The highest BCUT2D eigenvalue weighted by Gasteiger charge is 2.20. The summed E-state index contributed by atoms with van der Waals surface area (Å²) in [5, 5.41) is 0.900. The van der Waals surface area contributed by atoms with Crippen LogP contribution in [0.4, 0.5) is 5.82 Å². The van der Waals surface area contributed by atoms with Crippen LogP contribution in [0, 0.1) is 0 Å². The maximum Gasteiger partial charge on any atom is 0.341 e. The van der Waals surface area contributed by atoms with Gasteiger partial charge in [0.1, 0.15) is 23.0 Å². The molecule has 1 aliphatic heterocycles. The van der Waals surface area contributed by atoms with E-state index in [2.05, 4.69) is 24.2 Å². The quantitative estimate of drug-likeness (QED) is 0.271. The summed E-state index contributed by atoms with van der Waals surface area (Å²) in [5.74, 6) is 6.61. The lowest BCUT2D eigenvalue weighted by atomic mass is 10.1. The number of hydrogen-bond acceptors (Lipinski definition) is 10. The van der Waals surface area contributed by atoms with Gasteiger partial charge in [-0.25, -0.2) is 19.7 Å². The molecule has 0 bridgehead atoms. The monoisotopic (exact) mass is 524 g/mol. The van der Waals surface area contributed by atoms with Gasteiger partial charge in [0.15, 0.2) is 5.65 Å². The van der Waals surface area contributed by atoms with Crippen LogP contribution < -0.4 is 20.9 Å². The lowest BCUT2D eigenvalue weighted by Gasteiger charge is -2.29. The van der Waals surface area contributed by atoms with Crippen molar-refractivity contribution >= 4 is 22.8 Å². The average molecular weight is 525 g/mol. The van der Waals surface area contributed by atoms with Gasteiger partial charge in [0.2, 0.25) is 0 Å². The Balaban J connectivity index is 0.000000651. The molecule has 3 heterocycles. The van der Waals surface area contributed by atoms with Crippen LogP contribution in [-0.2, 0) is 9.47 Å². The highest BCUT2D eigenvalue weighted by Crippen LogP contribution is 2.30. The molecule has 1 fully saturated rings. The summed E-state index contributed by atoms with van der Waals surface area (Å²) in [6.45, 7) is 12.9. The average Bonchev–Trinajstić information content (AvgIpc) is 2.97. The number of ether oxygens (including phenoxy) is 3. The number of morpholine rings is 1. The van der Waals surface area contributed by atoms with Crippen molar-refractivity contribution in [1.29, 1.82) is 0 Å². The zero-order valence-electron chi connectivity index (χ0n) is 23.4. The molecule has 0 spiro atoms. The zero-order chi connectivity index (χ0) is 28.1. The molecule has 0 unspecified atom stereocenters.